The Bertz CT molecular complexity index is 774. The molecule has 0 bridgehead atoms. The van der Waals surface area contributed by atoms with Crippen molar-refractivity contribution in [1.82, 2.24) is 4.98 Å². The van der Waals surface area contributed by atoms with Crippen molar-refractivity contribution in [3.63, 3.8) is 0 Å². The third kappa shape index (κ3) is 3.23. The number of benzene rings is 1. The Morgan fingerprint density at radius 2 is 2.22 bits per heavy atom. The van der Waals surface area contributed by atoms with Gasteiger partial charge in [-0.15, -0.1) is 11.3 Å². The van der Waals surface area contributed by atoms with Gasteiger partial charge in [0.2, 0.25) is 11.8 Å². The highest BCUT2D eigenvalue weighted by Gasteiger charge is 2.36. The van der Waals surface area contributed by atoms with Crippen molar-refractivity contribution in [3.05, 3.63) is 39.9 Å². The molecule has 23 heavy (non-hydrogen) atoms. The number of nitrogens with one attached hydrogen (secondary N) is 1. The number of aryl methyl sites for hydroxylation is 1. The van der Waals surface area contributed by atoms with E-state index in [4.69, 9.17) is 11.6 Å². The van der Waals surface area contributed by atoms with E-state index in [1.165, 1.54) is 11.3 Å². The van der Waals surface area contributed by atoms with Crippen LogP contribution < -0.4 is 10.2 Å². The van der Waals surface area contributed by atoms with E-state index in [-0.39, 0.29) is 24.2 Å². The maximum Gasteiger partial charge on any atom is 0.231 e. The second-order valence-corrected chi connectivity index (χ2v) is 7.20. The number of halogens is 1. The molecule has 1 atom stereocenters. The van der Waals surface area contributed by atoms with Crippen LogP contribution in [-0.4, -0.2) is 23.3 Å². The van der Waals surface area contributed by atoms with Gasteiger partial charge in [0.1, 0.15) is 0 Å². The van der Waals surface area contributed by atoms with E-state index < -0.39 is 0 Å². The summed E-state index contributed by atoms with van der Waals surface area (Å²) in [7, 11) is 0. The zero-order valence-corrected chi connectivity index (χ0v) is 14.4. The molecular formula is C16H16ClN3O2S. The van der Waals surface area contributed by atoms with E-state index in [1.54, 1.807) is 17.2 Å². The third-order valence-electron chi connectivity index (χ3n) is 3.88. The molecular weight excluding hydrogens is 334 g/mol. The molecule has 2 amide bonds. The highest BCUT2D eigenvalue weighted by Crippen LogP contribution is 2.32. The van der Waals surface area contributed by atoms with E-state index in [1.807, 2.05) is 26.0 Å². The number of anilines is 2. The zero-order chi connectivity index (χ0) is 16.6. The van der Waals surface area contributed by atoms with Crippen LogP contribution >= 0.6 is 22.9 Å². The lowest BCUT2D eigenvalue weighted by atomic mass is 10.1. The summed E-state index contributed by atoms with van der Waals surface area (Å²) in [5.41, 5.74) is 1.61. The van der Waals surface area contributed by atoms with Gasteiger partial charge in [-0.25, -0.2) is 4.98 Å². The van der Waals surface area contributed by atoms with Crippen molar-refractivity contribution in [1.29, 1.82) is 0 Å². The van der Waals surface area contributed by atoms with Gasteiger partial charge in [-0.05, 0) is 31.5 Å². The first-order chi connectivity index (χ1) is 11.0. The van der Waals surface area contributed by atoms with E-state index in [2.05, 4.69) is 10.3 Å². The molecule has 5 nitrogen and oxygen atoms in total. The summed E-state index contributed by atoms with van der Waals surface area (Å²) in [5.74, 6) is -0.620. The Kier molecular flexibility index (Phi) is 4.37. The largest absolute Gasteiger partial charge is 0.311 e. The molecule has 1 fully saturated rings. The number of hydrogen-bond acceptors (Lipinski definition) is 4. The first-order valence-corrected chi connectivity index (χ1v) is 8.44. The number of nitrogens with zero attached hydrogens (tertiary/aromatic N) is 2. The molecule has 1 aliphatic rings. The van der Waals surface area contributed by atoms with Crippen LogP contribution in [0.5, 0.6) is 0 Å². The Hall–Kier alpha value is -1.92. The summed E-state index contributed by atoms with van der Waals surface area (Å²) in [6, 6.07) is 5.45. The normalized spacial score (nSPS) is 17.6. The minimum absolute atomic E-state index is 0.0640. The highest BCUT2D eigenvalue weighted by molar-refractivity contribution is 7.15. The van der Waals surface area contributed by atoms with E-state index in [0.717, 1.165) is 16.1 Å². The van der Waals surface area contributed by atoms with Crippen LogP contribution in [0, 0.1) is 19.8 Å². The topological polar surface area (TPSA) is 62.3 Å². The first kappa shape index (κ1) is 16.0. The van der Waals surface area contributed by atoms with Gasteiger partial charge < -0.3 is 10.2 Å². The molecule has 2 aromatic rings. The number of carbonyl (C=O) groups is 2. The fraction of sp³-hybridized carbons (Fsp3) is 0.312. The van der Waals surface area contributed by atoms with Crippen LogP contribution in [0.15, 0.2) is 24.4 Å². The standard InChI is InChI=1S/C16H16ClN3O2S/c1-9-7-18-16(23-9)19-15(22)11-6-14(21)20(8-11)13-5-3-4-12(17)10(13)2/h3-5,7,11H,6,8H2,1-2H3,(H,18,19,22)/t11-/m1/s1. The molecule has 1 aromatic carbocycles. The Morgan fingerprint density at radius 1 is 1.43 bits per heavy atom. The van der Waals surface area contributed by atoms with Crippen molar-refractivity contribution >= 4 is 45.6 Å². The minimum Gasteiger partial charge on any atom is -0.311 e. The number of rotatable bonds is 3. The molecule has 1 aliphatic heterocycles. The summed E-state index contributed by atoms with van der Waals surface area (Å²) in [6.45, 7) is 4.16. The average molecular weight is 350 g/mol. The second-order valence-electron chi connectivity index (χ2n) is 5.55. The zero-order valence-electron chi connectivity index (χ0n) is 12.8. The van der Waals surface area contributed by atoms with Crippen LogP contribution in [0.25, 0.3) is 0 Å². The van der Waals surface area contributed by atoms with Gasteiger partial charge in [0.25, 0.3) is 0 Å². The molecule has 1 saturated heterocycles. The molecule has 1 N–H and O–H groups in total. The van der Waals surface area contributed by atoms with Gasteiger partial charge in [-0.2, -0.15) is 0 Å². The molecule has 0 saturated carbocycles. The molecule has 0 spiro atoms. The van der Waals surface area contributed by atoms with Gasteiger partial charge in [0, 0.05) is 34.7 Å². The SMILES string of the molecule is Cc1cnc(NC(=O)[C@@H]2CC(=O)N(c3cccc(Cl)c3C)C2)s1. The number of aromatic nitrogens is 1. The predicted octanol–water partition coefficient (Wildman–Crippen LogP) is 3.40. The molecule has 0 radical (unpaired) electrons. The number of thiazole rings is 1. The average Bonchev–Trinajstić information content (AvgIpc) is 3.08. The number of carbonyl (C=O) groups excluding carboxylic acids is 2. The fourth-order valence-corrected chi connectivity index (χ4v) is 3.46. The van der Waals surface area contributed by atoms with Crippen molar-refractivity contribution in [2.24, 2.45) is 5.92 Å². The molecule has 0 aliphatic carbocycles. The Labute approximate surface area is 143 Å². The van der Waals surface area contributed by atoms with Crippen molar-refractivity contribution < 1.29 is 9.59 Å². The lowest BCUT2D eigenvalue weighted by Crippen LogP contribution is -2.28. The van der Waals surface area contributed by atoms with Crippen LogP contribution in [-0.2, 0) is 9.59 Å². The predicted molar refractivity (Wildman–Crippen MR) is 92.1 cm³/mol. The van der Waals surface area contributed by atoms with Crippen molar-refractivity contribution in [3.8, 4) is 0 Å². The lowest BCUT2D eigenvalue weighted by molar-refractivity contribution is -0.122. The number of amides is 2. The van der Waals surface area contributed by atoms with Crippen molar-refractivity contribution in [2.45, 2.75) is 20.3 Å². The number of hydrogen-bond donors (Lipinski definition) is 1. The molecule has 1 aromatic heterocycles. The summed E-state index contributed by atoms with van der Waals surface area (Å²) in [5, 5.41) is 3.97. The van der Waals surface area contributed by atoms with Crippen LogP contribution in [0.4, 0.5) is 10.8 Å². The van der Waals surface area contributed by atoms with Gasteiger partial charge in [0.05, 0.1) is 5.92 Å². The summed E-state index contributed by atoms with van der Waals surface area (Å²) < 4.78 is 0. The molecule has 0 unspecified atom stereocenters. The molecule has 3 rings (SSSR count). The first-order valence-electron chi connectivity index (χ1n) is 7.24. The molecule has 120 valence electrons. The second kappa shape index (κ2) is 6.29. The summed E-state index contributed by atoms with van der Waals surface area (Å²) >= 11 is 7.54. The quantitative estimate of drug-likeness (QED) is 0.923. The van der Waals surface area contributed by atoms with Gasteiger partial charge in [-0.3, -0.25) is 9.59 Å². The van der Waals surface area contributed by atoms with E-state index in [0.29, 0.717) is 16.7 Å². The highest BCUT2D eigenvalue weighted by atomic mass is 35.5. The maximum absolute atomic E-state index is 12.3. The maximum atomic E-state index is 12.3. The molecule has 7 heteroatoms. The van der Waals surface area contributed by atoms with Crippen molar-refractivity contribution in [2.75, 3.05) is 16.8 Å². The van der Waals surface area contributed by atoms with Gasteiger partial charge >= 0.3 is 0 Å². The fourth-order valence-electron chi connectivity index (χ4n) is 2.62. The smallest absolute Gasteiger partial charge is 0.231 e. The van der Waals surface area contributed by atoms with Gasteiger partial charge in [-0.1, -0.05) is 17.7 Å². The summed E-state index contributed by atoms with van der Waals surface area (Å²) in [6.07, 6.45) is 1.91. The monoisotopic (exact) mass is 349 g/mol. The van der Waals surface area contributed by atoms with Crippen LogP contribution in [0.1, 0.15) is 16.9 Å². The van der Waals surface area contributed by atoms with Gasteiger partial charge in [0.15, 0.2) is 5.13 Å². The Balaban J connectivity index is 1.74. The van der Waals surface area contributed by atoms with E-state index in [9.17, 15) is 9.59 Å². The summed E-state index contributed by atoms with van der Waals surface area (Å²) in [4.78, 5) is 31.4. The van der Waals surface area contributed by atoms with Crippen LogP contribution in [0.3, 0.4) is 0 Å². The Morgan fingerprint density at radius 3 is 2.91 bits per heavy atom. The lowest BCUT2D eigenvalue weighted by Gasteiger charge is -2.19. The van der Waals surface area contributed by atoms with E-state index >= 15 is 0 Å². The van der Waals surface area contributed by atoms with Crippen LogP contribution in [0.2, 0.25) is 5.02 Å². The third-order valence-corrected chi connectivity index (χ3v) is 5.11. The molecule has 2 heterocycles. The minimum atomic E-state index is -0.384.